The Morgan fingerprint density at radius 2 is 1.73 bits per heavy atom. The van der Waals surface area contributed by atoms with Crippen molar-refractivity contribution in [2.45, 2.75) is 46.0 Å². The molecule has 0 amide bonds. The lowest BCUT2D eigenvalue weighted by Gasteiger charge is -2.22. The molecule has 140 valence electrons. The summed E-state index contributed by atoms with van der Waals surface area (Å²) in [6.45, 7) is 8.70. The molecule has 0 aromatic heterocycles. The van der Waals surface area contributed by atoms with Crippen molar-refractivity contribution >= 4 is 29.2 Å². The van der Waals surface area contributed by atoms with Crippen molar-refractivity contribution in [3.8, 4) is 11.5 Å². The van der Waals surface area contributed by atoms with Crippen LogP contribution in [-0.2, 0) is 10.2 Å². The van der Waals surface area contributed by atoms with Crippen molar-refractivity contribution < 1.29 is 14.3 Å². The average molecular weight is 395 g/mol. The Morgan fingerprint density at radius 3 is 2.38 bits per heavy atom. The van der Waals surface area contributed by atoms with E-state index < -0.39 is 0 Å². The van der Waals surface area contributed by atoms with Crippen molar-refractivity contribution in [2.24, 2.45) is 0 Å². The molecule has 0 saturated heterocycles. The largest absolute Gasteiger partial charge is 0.492 e. The summed E-state index contributed by atoms with van der Waals surface area (Å²) in [5.41, 5.74) is 2.06. The summed E-state index contributed by atoms with van der Waals surface area (Å²) in [5.74, 6) is 0.901. The number of hydrogen-bond donors (Lipinski definition) is 0. The predicted octanol–water partition coefficient (Wildman–Crippen LogP) is 6.36. The number of halogens is 2. The van der Waals surface area contributed by atoms with E-state index in [9.17, 15) is 4.79 Å². The van der Waals surface area contributed by atoms with Gasteiger partial charge in [-0.15, -0.1) is 0 Å². The van der Waals surface area contributed by atoms with Crippen molar-refractivity contribution in [3.63, 3.8) is 0 Å². The van der Waals surface area contributed by atoms with Crippen molar-refractivity contribution in [2.75, 3.05) is 6.61 Å². The van der Waals surface area contributed by atoms with Crippen LogP contribution >= 0.6 is 23.2 Å². The van der Waals surface area contributed by atoms with Gasteiger partial charge >= 0.3 is 5.97 Å². The third-order valence-electron chi connectivity index (χ3n) is 3.84. The highest BCUT2D eigenvalue weighted by atomic mass is 35.5. The van der Waals surface area contributed by atoms with Gasteiger partial charge in [-0.3, -0.25) is 4.79 Å². The summed E-state index contributed by atoms with van der Waals surface area (Å²) in [5, 5.41) is 1.01. The molecule has 0 aliphatic carbocycles. The molecule has 0 atom stereocenters. The van der Waals surface area contributed by atoms with E-state index in [2.05, 4.69) is 26.8 Å². The molecular formula is C21H24Cl2O3. The van der Waals surface area contributed by atoms with Crippen LogP contribution in [0.15, 0.2) is 36.4 Å². The molecule has 0 bridgehead atoms. The van der Waals surface area contributed by atoms with Gasteiger partial charge in [-0.2, -0.15) is 0 Å². The van der Waals surface area contributed by atoms with E-state index in [0.717, 1.165) is 11.1 Å². The molecule has 0 heterocycles. The molecule has 0 aliphatic rings. The second-order valence-electron chi connectivity index (χ2n) is 7.25. The molecule has 26 heavy (non-hydrogen) atoms. The van der Waals surface area contributed by atoms with Crippen molar-refractivity contribution in [1.82, 2.24) is 0 Å². The quantitative estimate of drug-likeness (QED) is 0.324. The first kappa shape index (κ1) is 20.6. The summed E-state index contributed by atoms with van der Waals surface area (Å²) in [4.78, 5) is 12.2. The van der Waals surface area contributed by atoms with E-state index >= 15 is 0 Å². The number of hydrogen-bond acceptors (Lipinski definition) is 3. The van der Waals surface area contributed by atoms with E-state index in [1.807, 2.05) is 19.1 Å². The molecule has 0 unspecified atom stereocenters. The predicted molar refractivity (Wildman–Crippen MR) is 107 cm³/mol. The van der Waals surface area contributed by atoms with Gasteiger partial charge in [0.1, 0.15) is 11.5 Å². The number of rotatable bonds is 6. The summed E-state index contributed by atoms with van der Waals surface area (Å²) >= 11 is 11.9. The number of aryl methyl sites for hydroxylation is 1. The maximum Gasteiger partial charge on any atom is 0.311 e. The van der Waals surface area contributed by atoms with E-state index in [0.29, 0.717) is 34.6 Å². The lowest BCUT2D eigenvalue weighted by molar-refractivity contribution is -0.134. The van der Waals surface area contributed by atoms with Gasteiger partial charge in [-0.25, -0.2) is 0 Å². The zero-order valence-corrected chi connectivity index (χ0v) is 17.1. The van der Waals surface area contributed by atoms with Crippen LogP contribution in [0.3, 0.4) is 0 Å². The number of esters is 1. The highest BCUT2D eigenvalue weighted by Gasteiger charge is 2.20. The molecule has 0 spiro atoms. The minimum Gasteiger partial charge on any atom is -0.492 e. The van der Waals surface area contributed by atoms with E-state index in [1.54, 1.807) is 18.2 Å². The Hall–Kier alpha value is -1.71. The van der Waals surface area contributed by atoms with E-state index in [1.165, 1.54) is 0 Å². The van der Waals surface area contributed by atoms with Gasteiger partial charge in [0.05, 0.1) is 11.6 Å². The lowest BCUT2D eigenvalue weighted by Crippen LogP contribution is -2.17. The smallest absolute Gasteiger partial charge is 0.311 e. The van der Waals surface area contributed by atoms with E-state index in [4.69, 9.17) is 32.7 Å². The molecule has 0 aliphatic heterocycles. The summed E-state index contributed by atoms with van der Waals surface area (Å²) in [6, 6.07) is 10.9. The Morgan fingerprint density at radius 1 is 1.04 bits per heavy atom. The molecule has 0 fully saturated rings. The zero-order valence-electron chi connectivity index (χ0n) is 15.6. The molecule has 0 saturated carbocycles. The summed E-state index contributed by atoms with van der Waals surface area (Å²) in [7, 11) is 0. The Labute approximate surface area is 165 Å². The second-order valence-corrected chi connectivity index (χ2v) is 8.09. The van der Waals surface area contributed by atoms with Gasteiger partial charge in [-0.05, 0) is 43.0 Å². The normalized spacial score (nSPS) is 11.3. The Kier molecular flexibility index (Phi) is 6.96. The third kappa shape index (κ3) is 5.93. The first-order chi connectivity index (χ1) is 12.2. The van der Waals surface area contributed by atoms with Gasteiger partial charge in [0.2, 0.25) is 0 Å². The van der Waals surface area contributed by atoms with E-state index in [-0.39, 0.29) is 17.8 Å². The Bertz CT molecular complexity index is 779. The number of ether oxygens (including phenoxy) is 2. The average Bonchev–Trinajstić information content (AvgIpc) is 2.54. The van der Waals surface area contributed by atoms with Crippen LogP contribution in [0.2, 0.25) is 10.0 Å². The minimum absolute atomic E-state index is 0.101. The molecule has 0 N–H and O–H groups in total. The van der Waals surface area contributed by atoms with Crippen LogP contribution in [0.25, 0.3) is 0 Å². The van der Waals surface area contributed by atoms with Gasteiger partial charge in [0, 0.05) is 17.0 Å². The molecule has 2 aromatic carbocycles. The third-order valence-corrected chi connectivity index (χ3v) is 4.37. The summed E-state index contributed by atoms with van der Waals surface area (Å²) < 4.78 is 11.2. The monoisotopic (exact) mass is 394 g/mol. The van der Waals surface area contributed by atoms with Crippen LogP contribution in [0.4, 0.5) is 0 Å². The second kappa shape index (κ2) is 8.79. The lowest BCUT2D eigenvalue weighted by atomic mass is 9.85. The van der Waals surface area contributed by atoms with Crippen LogP contribution in [0.1, 0.15) is 44.7 Å². The maximum absolute atomic E-state index is 12.2. The van der Waals surface area contributed by atoms with Crippen molar-refractivity contribution in [1.29, 1.82) is 0 Å². The zero-order chi connectivity index (χ0) is 19.3. The molecule has 2 rings (SSSR count). The van der Waals surface area contributed by atoms with Gasteiger partial charge in [0.25, 0.3) is 0 Å². The molecule has 5 heteroatoms. The van der Waals surface area contributed by atoms with Crippen LogP contribution in [0, 0.1) is 6.92 Å². The molecule has 3 nitrogen and oxygen atoms in total. The van der Waals surface area contributed by atoms with Crippen LogP contribution < -0.4 is 9.47 Å². The highest BCUT2D eigenvalue weighted by Crippen LogP contribution is 2.32. The maximum atomic E-state index is 12.2. The highest BCUT2D eigenvalue weighted by molar-refractivity contribution is 6.35. The Balaban J connectivity index is 1.88. The molecule has 2 aromatic rings. The van der Waals surface area contributed by atoms with Gasteiger partial charge in [-0.1, -0.05) is 61.7 Å². The van der Waals surface area contributed by atoms with Gasteiger partial charge in [0.15, 0.2) is 0 Å². The topological polar surface area (TPSA) is 35.5 Å². The molecular weight excluding hydrogens is 371 g/mol. The van der Waals surface area contributed by atoms with Crippen LogP contribution in [0.5, 0.6) is 11.5 Å². The fraction of sp³-hybridized carbons (Fsp3) is 0.381. The first-order valence-corrected chi connectivity index (χ1v) is 9.32. The first-order valence-electron chi connectivity index (χ1n) is 8.56. The van der Waals surface area contributed by atoms with Gasteiger partial charge < -0.3 is 9.47 Å². The number of benzene rings is 2. The van der Waals surface area contributed by atoms with Crippen LogP contribution in [-0.4, -0.2) is 12.6 Å². The standard InChI is InChI=1S/C21H24Cl2O3/c1-14-7-9-18(16(12-14)21(2,3)4)26-20(24)6-5-11-25-19-10-8-15(22)13-17(19)23/h7-10,12-13H,5-6,11H2,1-4H3. The minimum atomic E-state index is -0.273. The number of carbonyl (C=O) groups excluding carboxylic acids is 1. The summed E-state index contributed by atoms with van der Waals surface area (Å²) in [6.07, 6.45) is 0.803. The van der Waals surface area contributed by atoms with Crippen molar-refractivity contribution in [3.05, 3.63) is 57.6 Å². The fourth-order valence-corrected chi connectivity index (χ4v) is 2.95. The SMILES string of the molecule is Cc1ccc(OC(=O)CCCOc2ccc(Cl)cc2Cl)c(C(C)(C)C)c1. The molecule has 0 radical (unpaired) electrons. The number of carbonyl (C=O) groups is 1. The fourth-order valence-electron chi connectivity index (χ4n) is 2.48.